The van der Waals surface area contributed by atoms with E-state index >= 15 is 0 Å². The Hall–Kier alpha value is -1.45. The van der Waals surface area contributed by atoms with Gasteiger partial charge in [-0.25, -0.2) is 4.79 Å². The van der Waals surface area contributed by atoms with E-state index in [1.54, 1.807) is 18.5 Å². The molecular formula is C6H8N2O2. The van der Waals surface area contributed by atoms with E-state index in [-0.39, 0.29) is 0 Å². The normalized spacial score (nSPS) is 8.90. The Morgan fingerprint density at radius 1 is 1.80 bits per heavy atom. The van der Waals surface area contributed by atoms with Crippen LogP contribution in [0.2, 0.25) is 0 Å². The Labute approximate surface area is 58.2 Å². The van der Waals surface area contributed by atoms with Crippen LogP contribution in [0, 0.1) is 0 Å². The van der Waals surface area contributed by atoms with E-state index < -0.39 is 6.09 Å². The number of rotatable bonds is 1. The zero-order valence-electron chi connectivity index (χ0n) is 5.55. The highest BCUT2D eigenvalue weighted by Gasteiger charge is 1.98. The van der Waals surface area contributed by atoms with Gasteiger partial charge >= 0.3 is 6.09 Å². The maximum Gasteiger partial charge on any atom is 0.412 e. The predicted molar refractivity (Wildman–Crippen MR) is 35.9 cm³/mol. The minimum atomic E-state index is -0.459. The van der Waals surface area contributed by atoms with Crippen molar-refractivity contribution in [3.05, 3.63) is 18.5 Å². The van der Waals surface area contributed by atoms with Crippen LogP contribution in [-0.4, -0.2) is 18.1 Å². The van der Waals surface area contributed by atoms with Gasteiger partial charge in [-0.05, 0) is 6.07 Å². The summed E-state index contributed by atoms with van der Waals surface area (Å²) in [6.07, 6.45) is 2.81. The van der Waals surface area contributed by atoms with Gasteiger partial charge < -0.3 is 15.0 Å². The summed E-state index contributed by atoms with van der Waals surface area (Å²) in [6.45, 7) is 0. The summed E-state index contributed by atoms with van der Waals surface area (Å²) in [4.78, 5) is 13.3. The number of amides is 1. The average Bonchev–Trinajstić information content (AvgIpc) is 2.40. The van der Waals surface area contributed by atoms with E-state index in [2.05, 4.69) is 10.3 Å². The van der Waals surface area contributed by atoms with E-state index in [1.807, 2.05) is 0 Å². The van der Waals surface area contributed by atoms with Crippen LogP contribution < -0.4 is 10.1 Å². The van der Waals surface area contributed by atoms with Crippen molar-refractivity contribution in [3.8, 4) is 5.75 Å². The summed E-state index contributed by atoms with van der Waals surface area (Å²) in [6, 6.07) is 1.66. The minimum absolute atomic E-state index is 0.459. The van der Waals surface area contributed by atoms with Crippen LogP contribution in [0.4, 0.5) is 4.79 Å². The van der Waals surface area contributed by atoms with Crippen LogP contribution in [0.15, 0.2) is 18.5 Å². The lowest BCUT2D eigenvalue weighted by Crippen LogP contribution is -2.21. The highest BCUT2D eigenvalue weighted by atomic mass is 16.6. The molecule has 4 heteroatoms. The second kappa shape index (κ2) is 2.91. The number of nitrogens with one attached hydrogen (secondary N) is 2. The van der Waals surface area contributed by atoms with Crippen molar-refractivity contribution < 1.29 is 9.53 Å². The molecule has 10 heavy (non-hydrogen) atoms. The standard InChI is InChI=1S/C6H8N2O2/c1-7-6(9)10-5-2-3-8-4-5/h2-4,8H,1H3,(H,7,9). The second-order valence-electron chi connectivity index (χ2n) is 1.69. The predicted octanol–water partition coefficient (Wildman–Crippen LogP) is 0.733. The zero-order chi connectivity index (χ0) is 7.40. The molecule has 0 unspecified atom stereocenters. The van der Waals surface area contributed by atoms with Gasteiger partial charge in [0.2, 0.25) is 0 Å². The lowest BCUT2D eigenvalue weighted by atomic mass is 10.6. The highest BCUT2D eigenvalue weighted by molar-refractivity contribution is 5.69. The third-order valence-electron chi connectivity index (χ3n) is 0.984. The largest absolute Gasteiger partial charge is 0.412 e. The van der Waals surface area contributed by atoms with Gasteiger partial charge in [-0.1, -0.05) is 0 Å². The van der Waals surface area contributed by atoms with Crippen molar-refractivity contribution in [2.75, 3.05) is 7.05 Å². The highest BCUT2D eigenvalue weighted by Crippen LogP contribution is 2.06. The molecule has 1 heterocycles. The molecule has 0 aromatic carbocycles. The average molecular weight is 140 g/mol. The molecule has 0 aliphatic carbocycles. The molecule has 0 bridgehead atoms. The molecule has 0 aliphatic rings. The van der Waals surface area contributed by atoms with Crippen LogP contribution >= 0.6 is 0 Å². The molecule has 4 nitrogen and oxygen atoms in total. The number of hydrogen-bond acceptors (Lipinski definition) is 2. The maximum absolute atomic E-state index is 10.5. The van der Waals surface area contributed by atoms with Gasteiger partial charge in [0, 0.05) is 19.4 Å². The third kappa shape index (κ3) is 1.51. The van der Waals surface area contributed by atoms with Crippen LogP contribution in [0.1, 0.15) is 0 Å². The molecule has 0 saturated carbocycles. The van der Waals surface area contributed by atoms with Crippen molar-refractivity contribution in [2.24, 2.45) is 0 Å². The summed E-state index contributed by atoms with van der Waals surface area (Å²) in [5, 5.41) is 2.33. The van der Waals surface area contributed by atoms with Crippen LogP contribution in [0.3, 0.4) is 0 Å². The quantitative estimate of drug-likeness (QED) is 0.604. The van der Waals surface area contributed by atoms with Gasteiger partial charge in [0.1, 0.15) is 5.75 Å². The van der Waals surface area contributed by atoms with Gasteiger partial charge in [0.15, 0.2) is 0 Å². The summed E-state index contributed by atoms with van der Waals surface area (Å²) >= 11 is 0. The van der Waals surface area contributed by atoms with Crippen LogP contribution in [0.5, 0.6) is 5.75 Å². The van der Waals surface area contributed by atoms with Gasteiger partial charge in [0.25, 0.3) is 0 Å². The molecule has 0 spiro atoms. The van der Waals surface area contributed by atoms with Crippen LogP contribution in [-0.2, 0) is 0 Å². The Morgan fingerprint density at radius 3 is 3.10 bits per heavy atom. The van der Waals surface area contributed by atoms with Gasteiger partial charge in [-0.2, -0.15) is 0 Å². The van der Waals surface area contributed by atoms with Crippen molar-refractivity contribution >= 4 is 6.09 Å². The van der Waals surface area contributed by atoms with E-state index in [4.69, 9.17) is 4.74 Å². The molecule has 1 aromatic rings. The monoisotopic (exact) mass is 140 g/mol. The smallest absolute Gasteiger partial charge is 0.409 e. The Kier molecular flexibility index (Phi) is 1.94. The first-order valence-electron chi connectivity index (χ1n) is 2.85. The van der Waals surface area contributed by atoms with Crippen molar-refractivity contribution in [1.29, 1.82) is 0 Å². The van der Waals surface area contributed by atoms with Gasteiger partial charge in [0.05, 0.1) is 0 Å². The first kappa shape index (κ1) is 6.67. The fourth-order valence-corrected chi connectivity index (χ4v) is 0.530. The number of hydrogen-bond donors (Lipinski definition) is 2. The first-order valence-corrected chi connectivity index (χ1v) is 2.85. The number of aromatic amines is 1. The van der Waals surface area contributed by atoms with E-state index in [1.165, 1.54) is 7.05 Å². The fourth-order valence-electron chi connectivity index (χ4n) is 0.530. The van der Waals surface area contributed by atoms with E-state index in [9.17, 15) is 4.79 Å². The summed E-state index contributed by atoms with van der Waals surface area (Å²) in [5.41, 5.74) is 0. The van der Waals surface area contributed by atoms with Crippen molar-refractivity contribution in [2.45, 2.75) is 0 Å². The number of carbonyl (C=O) groups is 1. The van der Waals surface area contributed by atoms with E-state index in [0.29, 0.717) is 5.75 Å². The SMILES string of the molecule is CNC(=O)Oc1cc[nH]c1. The first-order chi connectivity index (χ1) is 4.83. The fraction of sp³-hybridized carbons (Fsp3) is 0.167. The lowest BCUT2D eigenvalue weighted by molar-refractivity contribution is 0.203. The van der Waals surface area contributed by atoms with Gasteiger partial charge in [-0.3, -0.25) is 0 Å². The Morgan fingerprint density at radius 2 is 2.60 bits per heavy atom. The van der Waals surface area contributed by atoms with Gasteiger partial charge in [-0.15, -0.1) is 0 Å². The summed E-state index contributed by atoms with van der Waals surface area (Å²) in [7, 11) is 1.51. The zero-order valence-corrected chi connectivity index (χ0v) is 5.55. The minimum Gasteiger partial charge on any atom is -0.409 e. The molecule has 0 atom stereocenters. The lowest BCUT2D eigenvalue weighted by Gasteiger charge is -1.97. The molecular weight excluding hydrogens is 132 g/mol. The maximum atomic E-state index is 10.5. The molecule has 0 aliphatic heterocycles. The topological polar surface area (TPSA) is 54.1 Å². The number of H-pyrrole nitrogens is 1. The number of ether oxygens (including phenoxy) is 1. The molecule has 0 saturated heterocycles. The molecule has 1 amide bonds. The summed E-state index contributed by atoms with van der Waals surface area (Å²) < 4.78 is 4.72. The Balaban J connectivity index is 2.48. The Bertz CT molecular complexity index is 206. The molecule has 0 fully saturated rings. The molecule has 0 radical (unpaired) electrons. The molecule has 2 N–H and O–H groups in total. The third-order valence-corrected chi connectivity index (χ3v) is 0.984. The van der Waals surface area contributed by atoms with E-state index in [0.717, 1.165) is 0 Å². The van der Waals surface area contributed by atoms with Crippen molar-refractivity contribution in [1.82, 2.24) is 10.3 Å². The van der Waals surface area contributed by atoms with Crippen molar-refractivity contribution in [3.63, 3.8) is 0 Å². The molecule has 1 rings (SSSR count). The second-order valence-corrected chi connectivity index (χ2v) is 1.69. The molecule has 54 valence electrons. The summed E-state index contributed by atoms with van der Waals surface area (Å²) in [5.74, 6) is 0.513. The number of carbonyl (C=O) groups excluding carboxylic acids is 1. The number of aromatic nitrogens is 1. The van der Waals surface area contributed by atoms with Crippen LogP contribution in [0.25, 0.3) is 0 Å². The molecule has 1 aromatic heterocycles.